The molecule has 0 unspecified atom stereocenters. The van der Waals surface area contributed by atoms with Gasteiger partial charge in [0.1, 0.15) is 6.07 Å². The standard InChI is InChI=1S/C11H10BrN3O/c12-9-2-3-10(8(6-9)7-13)15-5-1-4-14-11(15)16/h2-3,6H,1,4-5H2,(H,14,16). The first-order chi connectivity index (χ1) is 7.72. The molecule has 2 rings (SSSR count). The van der Waals surface area contributed by atoms with Gasteiger partial charge >= 0.3 is 6.03 Å². The van der Waals surface area contributed by atoms with Crippen molar-refractivity contribution in [3.8, 4) is 6.07 Å². The number of nitriles is 1. The molecule has 0 aliphatic carbocycles. The van der Waals surface area contributed by atoms with Crippen LogP contribution >= 0.6 is 15.9 Å². The highest BCUT2D eigenvalue weighted by Crippen LogP contribution is 2.25. The van der Waals surface area contributed by atoms with E-state index in [0.29, 0.717) is 24.3 Å². The van der Waals surface area contributed by atoms with Crippen molar-refractivity contribution in [2.24, 2.45) is 0 Å². The van der Waals surface area contributed by atoms with Gasteiger partial charge in [-0.25, -0.2) is 4.79 Å². The fourth-order valence-electron chi connectivity index (χ4n) is 1.69. The summed E-state index contributed by atoms with van der Waals surface area (Å²) in [6.07, 6.45) is 0.896. The Bertz CT molecular complexity index is 467. The third-order valence-corrected chi connectivity index (χ3v) is 2.94. The maximum atomic E-state index is 11.6. The fourth-order valence-corrected chi connectivity index (χ4v) is 2.05. The molecule has 1 aliphatic rings. The van der Waals surface area contributed by atoms with E-state index in [4.69, 9.17) is 5.26 Å². The average Bonchev–Trinajstić information content (AvgIpc) is 2.30. The molecule has 0 radical (unpaired) electrons. The van der Waals surface area contributed by atoms with Crippen molar-refractivity contribution >= 4 is 27.6 Å². The highest BCUT2D eigenvalue weighted by molar-refractivity contribution is 9.10. The number of amides is 2. The number of nitrogens with one attached hydrogen (secondary N) is 1. The number of nitrogens with zero attached hydrogens (tertiary/aromatic N) is 2. The van der Waals surface area contributed by atoms with Crippen LogP contribution in [0.15, 0.2) is 22.7 Å². The van der Waals surface area contributed by atoms with Gasteiger partial charge in [-0.1, -0.05) is 15.9 Å². The first kappa shape index (κ1) is 11.0. The smallest absolute Gasteiger partial charge is 0.321 e. The summed E-state index contributed by atoms with van der Waals surface area (Å²) in [5.74, 6) is 0. The van der Waals surface area contributed by atoms with Crippen LogP contribution in [0.2, 0.25) is 0 Å². The van der Waals surface area contributed by atoms with Gasteiger partial charge in [0.25, 0.3) is 0 Å². The van der Waals surface area contributed by atoms with Crippen molar-refractivity contribution in [1.29, 1.82) is 5.26 Å². The summed E-state index contributed by atoms with van der Waals surface area (Å²) >= 11 is 3.31. The number of carbonyl (C=O) groups excluding carboxylic acids is 1. The Morgan fingerprint density at radius 2 is 2.31 bits per heavy atom. The minimum absolute atomic E-state index is 0.134. The zero-order chi connectivity index (χ0) is 11.5. The third kappa shape index (κ3) is 2.02. The highest BCUT2D eigenvalue weighted by atomic mass is 79.9. The van der Waals surface area contributed by atoms with Gasteiger partial charge in [-0.2, -0.15) is 5.26 Å². The average molecular weight is 280 g/mol. The van der Waals surface area contributed by atoms with E-state index in [2.05, 4.69) is 27.3 Å². The molecule has 0 aromatic heterocycles. The molecule has 1 fully saturated rings. The lowest BCUT2D eigenvalue weighted by molar-refractivity contribution is 0.243. The number of halogens is 1. The molecule has 0 spiro atoms. The predicted molar refractivity (Wildman–Crippen MR) is 64.2 cm³/mol. The second-order valence-electron chi connectivity index (χ2n) is 3.51. The lowest BCUT2D eigenvalue weighted by atomic mass is 10.1. The van der Waals surface area contributed by atoms with E-state index < -0.39 is 0 Å². The van der Waals surface area contributed by atoms with Crippen LogP contribution in [-0.2, 0) is 0 Å². The van der Waals surface area contributed by atoms with Crippen molar-refractivity contribution in [3.05, 3.63) is 28.2 Å². The molecule has 1 aromatic carbocycles. The summed E-state index contributed by atoms with van der Waals surface area (Å²) in [5.41, 5.74) is 1.18. The molecule has 1 N–H and O–H groups in total. The minimum atomic E-state index is -0.134. The molecule has 0 saturated carbocycles. The molecule has 16 heavy (non-hydrogen) atoms. The fraction of sp³-hybridized carbons (Fsp3) is 0.273. The van der Waals surface area contributed by atoms with Crippen molar-refractivity contribution in [1.82, 2.24) is 5.32 Å². The van der Waals surface area contributed by atoms with Crippen LogP contribution in [0.25, 0.3) is 0 Å². The molecule has 2 amide bonds. The van der Waals surface area contributed by atoms with Gasteiger partial charge in [-0.3, -0.25) is 4.90 Å². The molecule has 1 aromatic rings. The number of anilines is 1. The monoisotopic (exact) mass is 279 g/mol. The summed E-state index contributed by atoms with van der Waals surface area (Å²) in [4.78, 5) is 13.2. The predicted octanol–water partition coefficient (Wildman–Crippen LogP) is 2.24. The molecule has 82 valence electrons. The van der Waals surface area contributed by atoms with Crippen LogP contribution in [0.3, 0.4) is 0 Å². The molecular formula is C11H10BrN3O. The second kappa shape index (κ2) is 4.54. The number of rotatable bonds is 1. The minimum Gasteiger partial charge on any atom is -0.338 e. The Kier molecular flexibility index (Phi) is 3.11. The van der Waals surface area contributed by atoms with E-state index in [0.717, 1.165) is 10.9 Å². The second-order valence-corrected chi connectivity index (χ2v) is 4.43. The van der Waals surface area contributed by atoms with E-state index in [9.17, 15) is 4.79 Å². The lowest BCUT2D eigenvalue weighted by Gasteiger charge is -2.28. The Balaban J connectivity index is 2.39. The number of urea groups is 1. The van der Waals surface area contributed by atoms with E-state index in [1.54, 1.807) is 17.0 Å². The maximum absolute atomic E-state index is 11.6. The van der Waals surface area contributed by atoms with E-state index in [-0.39, 0.29) is 6.03 Å². The first-order valence-corrected chi connectivity index (χ1v) is 5.76. The normalized spacial score (nSPS) is 15.5. The Hall–Kier alpha value is -1.54. The van der Waals surface area contributed by atoms with Crippen LogP contribution in [0.5, 0.6) is 0 Å². The number of benzene rings is 1. The maximum Gasteiger partial charge on any atom is 0.321 e. The van der Waals surface area contributed by atoms with E-state index >= 15 is 0 Å². The summed E-state index contributed by atoms with van der Waals surface area (Å²) in [5, 5.41) is 11.8. The van der Waals surface area contributed by atoms with Gasteiger partial charge in [-0.15, -0.1) is 0 Å². The van der Waals surface area contributed by atoms with Crippen molar-refractivity contribution in [3.63, 3.8) is 0 Å². The van der Waals surface area contributed by atoms with Crippen molar-refractivity contribution in [2.45, 2.75) is 6.42 Å². The topological polar surface area (TPSA) is 56.1 Å². The quantitative estimate of drug-likeness (QED) is 0.857. The SMILES string of the molecule is N#Cc1cc(Br)ccc1N1CCCNC1=O. The Morgan fingerprint density at radius 1 is 1.50 bits per heavy atom. The highest BCUT2D eigenvalue weighted by Gasteiger charge is 2.21. The van der Waals surface area contributed by atoms with Crippen LogP contribution in [-0.4, -0.2) is 19.1 Å². The largest absolute Gasteiger partial charge is 0.338 e. The van der Waals surface area contributed by atoms with Gasteiger partial charge < -0.3 is 5.32 Å². The van der Waals surface area contributed by atoms with Crippen LogP contribution < -0.4 is 10.2 Å². The van der Waals surface area contributed by atoms with E-state index in [1.807, 2.05) is 6.07 Å². The molecule has 4 nitrogen and oxygen atoms in total. The molecule has 0 bridgehead atoms. The summed E-state index contributed by atoms with van der Waals surface area (Å²) < 4.78 is 0.838. The van der Waals surface area contributed by atoms with Gasteiger partial charge in [0.05, 0.1) is 11.3 Å². The number of hydrogen-bond acceptors (Lipinski definition) is 2. The lowest BCUT2D eigenvalue weighted by Crippen LogP contribution is -2.46. The molecule has 1 heterocycles. The number of hydrogen-bond donors (Lipinski definition) is 1. The third-order valence-electron chi connectivity index (χ3n) is 2.45. The summed E-state index contributed by atoms with van der Waals surface area (Å²) in [7, 11) is 0. The molecule has 1 aliphatic heterocycles. The van der Waals surface area contributed by atoms with Crippen molar-refractivity contribution < 1.29 is 4.79 Å². The molecule has 5 heteroatoms. The van der Waals surface area contributed by atoms with Gasteiger partial charge in [-0.05, 0) is 24.6 Å². The summed E-state index contributed by atoms with van der Waals surface area (Å²) in [6, 6.07) is 7.30. The summed E-state index contributed by atoms with van der Waals surface area (Å²) in [6.45, 7) is 1.36. The first-order valence-electron chi connectivity index (χ1n) is 4.97. The Morgan fingerprint density at radius 3 is 3.00 bits per heavy atom. The van der Waals surface area contributed by atoms with Gasteiger partial charge in [0.2, 0.25) is 0 Å². The number of carbonyl (C=O) groups is 1. The van der Waals surface area contributed by atoms with E-state index in [1.165, 1.54) is 0 Å². The zero-order valence-electron chi connectivity index (χ0n) is 8.53. The van der Waals surface area contributed by atoms with Crippen LogP contribution in [0.1, 0.15) is 12.0 Å². The molecular weight excluding hydrogens is 270 g/mol. The zero-order valence-corrected chi connectivity index (χ0v) is 10.1. The Labute approximate surface area is 102 Å². The van der Waals surface area contributed by atoms with Gasteiger partial charge in [0, 0.05) is 17.6 Å². The van der Waals surface area contributed by atoms with Crippen LogP contribution in [0.4, 0.5) is 10.5 Å². The molecule has 0 atom stereocenters. The van der Waals surface area contributed by atoms with Crippen molar-refractivity contribution in [2.75, 3.05) is 18.0 Å². The van der Waals surface area contributed by atoms with Crippen LogP contribution in [0, 0.1) is 11.3 Å². The molecule has 1 saturated heterocycles. The van der Waals surface area contributed by atoms with Gasteiger partial charge in [0.15, 0.2) is 0 Å².